The van der Waals surface area contributed by atoms with E-state index in [1.54, 1.807) is 32.9 Å². The quantitative estimate of drug-likeness (QED) is 0.217. The summed E-state index contributed by atoms with van der Waals surface area (Å²) in [5, 5.41) is 18.5. The zero-order valence-electron chi connectivity index (χ0n) is 22.0. The molecule has 14 heteroatoms. The first-order chi connectivity index (χ1) is 18.7. The van der Waals surface area contributed by atoms with Crippen molar-refractivity contribution in [2.75, 3.05) is 0 Å². The number of benzene rings is 2. The van der Waals surface area contributed by atoms with Crippen LogP contribution in [0.15, 0.2) is 70.2 Å². The number of hydrogen-bond donors (Lipinski definition) is 2. The molecule has 0 aliphatic carbocycles. The van der Waals surface area contributed by atoms with Gasteiger partial charge in [-0.15, -0.1) is 0 Å². The molecular weight excluding hydrogens is 545 g/mol. The van der Waals surface area contributed by atoms with Crippen LogP contribution in [0.2, 0.25) is 0 Å². The van der Waals surface area contributed by atoms with E-state index < -0.39 is 42.8 Å². The molecule has 2 N–H and O–H groups in total. The Balaban J connectivity index is 1.82. The Labute approximate surface area is 229 Å². The summed E-state index contributed by atoms with van der Waals surface area (Å²) in [6.45, 7) is 6.46. The summed E-state index contributed by atoms with van der Waals surface area (Å²) >= 11 is 0. The Morgan fingerprint density at radius 3 is 2.48 bits per heavy atom. The van der Waals surface area contributed by atoms with Crippen molar-refractivity contribution in [1.82, 2.24) is 19.8 Å². The predicted octanol–water partition coefficient (Wildman–Crippen LogP) is 4.62. The van der Waals surface area contributed by atoms with Crippen LogP contribution in [-0.4, -0.2) is 34.6 Å². The van der Waals surface area contributed by atoms with Crippen molar-refractivity contribution in [1.29, 1.82) is 0 Å². The van der Waals surface area contributed by atoms with Crippen molar-refractivity contribution in [3.05, 3.63) is 93.8 Å². The van der Waals surface area contributed by atoms with Gasteiger partial charge in [0, 0.05) is 23.2 Å². The van der Waals surface area contributed by atoms with Gasteiger partial charge < -0.3 is 14.5 Å². The maximum atomic E-state index is 13.7. The Morgan fingerprint density at radius 1 is 1.18 bits per heavy atom. The minimum absolute atomic E-state index is 0.0509. The molecule has 12 nitrogen and oxygen atoms in total. The van der Waals surface area contributed by atoms with E-state index in [2.05, 4.69) is 15.1 Å². The van der Waals surface area contributed by atoms with E-state index in [4.69, 9.17) is 9.15 Å². The van der Waals surface area contributed by atoms with Gasteiger partial charge in [0.05, 0.1) is 23.4 Å². The summed E-state index contributed by atoms with van der Waals surface area (Å²) in [5.41, 5.74) is -0.893. The van der Waals surface area contributed by atoms with Gasteiger partial charge in [0.25, 0.3) is 11.6 Å². The van der Waals surface area contributed by atoms with E-state index in [0.717, 1.165) is 18.2 Å². The average Bonchev–Trinajstić information content (AvgIpc) is 3.50. The highest BCUT2D eigenvalue weighted by atomic mass is 32.2. The zero-order chi connectivity index (χ0) is 29.2. The van der Waals surface area contributed by atoms with E-state index in [1.165, 1.54) is 42.1 Å². The third kappa shape index (κ3) is 6.35. The van der Waals surface area contributed by atoms with Crippen LogP contribution >= 0.6 is 0 Å². The number of nitrogens with one attached hydrogen (secondary N) is 2. The van der Waals surface area contributed by atoms with Crippen molar-refractivity contribution in [2.45, 2.75) is 44.7 Å². The molecule has 0 aliphatic heterocycles. The molecule has 0 aliphatic rings. The molecule has 0 spiro atoms. The van der Waals surface area contributed by atoms with E-state index in [0.29, 0.717) is 11.4 Å². The van der Waals surface area contributed by atoms with Crippen molar-refractivity contribution < 1.29 is 31.7 Å². The zero-order valence-corrected chi connectivity index (χ0v) is 22.8. The number of hydrogen-bond acceptors (Lipinski definition) is 8. The first-order valence-corrected chi connectivity index (χ1v) is 13.4. The molecular formula is C26H26FN5O7S. The first kappa shape index (κ1) is 28.4. The van der Waals surface area contributed by atoms with E-state index in [9.17, 15) is 27.7 Å². The average molecular weight is 572 g/mol. The summed E-state index contributed by atoms with van der Waals surface area (Å²) in [7, 11) is -4.31. The van der Waals surface area contributed by atoms with E-state index >= 15 is 0 Å². The molecule has 210 valence electrons. The number of nitro groups is 1. The molecule has 1 amide bonds. The smallest absolute Gasteiger partial charge is 0.272 e. The molecule has 40 heavy (non-hydrogen) atoms. The molecule has 2 heterocycles. The second-order valence-corrected chi connectivity index (χ2v) is 11.4. The van der Waals surface area contributed by atoms with Crippen LogP contribution in [0, 0.1) is 22.9 Å². The fourth-order valence-corrected chi connectivity index (χ4v) is 5.27. The highest BCUT2D eigenvalue weighted by Gasteiger charge is 2.30. The molecule has 4 aromatic rings. The topological polar surface area (TPSA) is 159 Å². The maximum Gasteiger partial charge on any atom is 0.272 e. The Hall–Kier alpha value is -4.56. The molecule has 4 rings (SSSR count). The van der Waals surface area contributed by atoms with Gasteiger partial charge in [0.2, 0.25) is 15.9 Å². The van der Waals surface area contributed by atoms with Crippen LogP contribution in [-0.2, 0) is 16.6 Å². The molecule has 0 bridgehead atoms. The van der Waals surface area contributed by atoms with Gasteiger partial charge in [-0.2, -0.15) is 9.78 Å². The third-order valence-corrected chi connectivity index (χ3v) is 7.21. The van der Waals surface area contributed by atoms with Crippen LogP contribution in [0.5, 0.6) is 11.6 Å². The summed E-state index contributed by atoms with van der Waals surface area (Å²) in [5.74, 6) is -0.895. The Morgan fingerprint density at radius 2 is 1.88 bits per heavy atom. The summed E-state index contributed by atoms with van der Waals surface area (Å²) < 4.78 is 55.1. The lowest BCUT2D eigenvalue weighted by Crippen LogP contribution is -2.40. The van der Waals surface area contributed by atoms with Crippen LogP contribution < -0.4 is 14.8 Å². The number of sulfonamides is 1. The summed E-state index contributed by atoms with van der Waals surface area (Å²) in [6.07, 6.45) is 1.46. The van der Waals surface area contributed by atoms with Gasteiger partial charge in [0.1, 0.15) is 22.2 Å². The van der Waals surface area contributed by atoms with Crippen LogP contribution in [0.3, 0.4) is 0 Å². The van der Waals surface area contributed by atoms with Gasteiger partial charge in [-0.25, -0.2) is 17.5 Å². The Bertz CT molecular complexity index is 1660. The lowest BCUT2D eigenvalue weighted by atomic mass is 10.1. The number of nitro benzene ring substituents is 1. The molecule has 0 fully saturated rings. The minimum Gasteiger partial charge on any atom is -0.467 e. The van der Waals surface area contributed by atoms with Crippen LogP contribution in [0.4, 0.5) is 10.1 Å². The number of furan rings is 1. The molecule has 0 saturated carbocycles. The SMILES string of the molecule is Cc1c(C(=O)NCc2ccco2)nn(-c2ccc(F)cc2)c1Oc1ccc([N+](=O)[O-])cc1S(=O)(=O)NC(C)(C)C. The number of rotatable bonds is 9. The molecule has 2 aromatic heterocycles. The monoisotopic (exact) mass is 571 g/mol. The van der Waals surface area contributed by atoms with Crippen molar-refractivity contribution in [2.24, 2.45) is 0 Å². The number of nitrogens with zero attached hydrogens (tertiary/aromatic N) is 3. The maximum absolute atomic E-state index is 13.7. The van der Waals surface area contributed by atoms with E-state index in [1.807, 2.05) is 0 Å². The van der Waals surface area contributed by atoms with Crippen LogP contribution in [0.1, 0.15) is 42.6 Å². The highest BCUT2D eigenvalue weighted by molar-refractivity contribution is 7.89. The van der Waals surface area contributed by atoms with Gasteiger partial charge in [-0.1, -0.05) is 0 Å². The molecule has 0 radical (unpaired) electrons. The third-order valence-electron chi connectivity index (χ3n) is 5.43. The summed E-state index contributed by atoms with van der Waals surface area (Å²) in [6, 6.07) is 11.6. The molecule has 0 saturated heterocycles. The molecule has 0 unspecified atom stereocenters. The van der Waals surface area contributed by atoms with Crippen molar-refractivity contribution >= 4 is 21.6 Å². The van der Waals surface area contributed by atoms with Gasteiger partial charge in [-0.3, -0.25) is 14.9 Å². The second kappa shape index (κ2) is 10.9. The fourth-order valence-electron chi connectivity index (χ4n) is 3.70. The van der Waals surface area contributed by atoms with Crippen molar-refractivity contribution in [3.8, 4) is 17.3 Å². The van der Waals surface area contributed by atoms with Gasteiger partial charge in [-0.05, 0) is 70.2 Å². The normalized spacial score (nSPS) is 11.8. The molecule has 2 aromatic carbocycles. The fraction of sp³-hybridized carbons (Fsp3) is 0.231. The minimum atomic E-state index is -4.31. The van der Waals surface area contributed by atoms with Gasteiger partial charge >= 0.3 is 0 Å². The Kier molecular flexibility index (Phi) is 7.75. The van der Waals surface area contributed by atoms with E-state index in [-0.39, 0.29) is 29.4 Å². The number of halogens is 1. The number of carbonyl (C=O) groups excluding carboxylic acids is 1. The van der Waals surface area contributed by atoms with Gasteiger partial charge in [0.15, 0.2) is 5.69 Å². The number of ether oxygens (including phenoxy) is 1. The van der Waals surface area contributed by atoms with Crippen LogP contribution in [0.25, 0.3) is 5.69 Å². The summed E-state index contributed by atoms with van der Waals surface area (Å²) in [4.78, 5) is 23.3. The molecule has 0 atom stereocenters. The number of non-ortho nitro benzene ring substituents is 1. The lowest BCUT2D eigenvalue weighted by Gasteiger charge is -2.21. The first-order valence-electron chi connectivity index (χ1n) is 11.9. The predicted molar refractivity (Wildman–Crippen MR) is 141 cm³/mol. The number of aromatic nitrogens is 2. The highest BCUT2D eigenvalue weighted by Crippen LogP contribution is 2.36. The second-order valence-electron chi connectivity index (χ2n) is 9.77. The largest absolute Gasteiger partial charge is 0.467 e. The number of carbonyl (C=O) groups is 1. The van der Waals surface area contributed by atoms with Crippen molar-refractivity contribution in [3.63, 3.8) is 0 Å². The lowest BCUT2D eigenvalue weighted by molar-refractivity contribution is -0.385. The standard InChI is InChI=1S/C26H26FN5O7S/c1-16-23(24(33)28-15-20-6-5-13-38-20)29-31(18-9-7-17(27)8-10-18)25(16)39-21-12-11-19(32(34)35)14-22(21)40(36,37)30-26(2,3)4/h5-14,30H,15H2,1-4H3,(H,28,33). The number of amides is 1.